The third-order valence-electron chi connectivity index (χ3n) is 9.21. The average molecular weight is 896 g/mol. The summed E-state index contributed by atoms with van der Waals surface area (Å²) in [4.78, 5) is 76.1. The fourth-order valence-electron chi connectivity index (χ4n) is 6.23. The van der Waals surface area contributed by atoms with Gasteiger partial charge in [0, 0.05) is 68.1 Å². The van der Waals surface area contributed by atoms with Crippen LogP contribution in [0.2, 0.25) is 5.02 Å². The quantitative estimate of drug-likeness (QED) is 0.0296. The zero-order chi connectivity index (χ0) is 39.4. The Labute approximate surface area is 330 Å². The van der Waals surface area contributed by atoms with Crippen LogP contribution >= 0.6 is 34.2 Å². The van der Waals surface area contributed by atoms with Gasteiger partial charge in [0.1, 0.15) is 35.4 Å². The number of aliphatic hydroxyl groups is 2. The molecule has 6 rings (SSSR count). The van der Waals surface area contributed by atoms with E-state index in [-0.39, 0.29) is 66.5 Å². The number of rotatable bonds is 15. The Bertz CT molecular complexity index is 2210. The van der Waals surface area contributed by atoms with Crippen molar-refractivity contribution in [1.82, 2.24) is 34.6 Å². The molecule has 55 heavy (non-hydrogen) atoms. The number of amides is 2. The van der Waals surface area contributed by atoms with Crippen molar-refractivity contribution < 1.29 is 29.3 Å². The highest BCUT2D eigenvalue weighted by molar-refractivity contribution is 14.1. The molecule has 20 nitrogen and oxygen atoms in total. The van der Waals surface area contributed by atoms with E-state index in [1.54, 1.807) is 17.0 Å². The fraction of sp³-hybridized carbons (Fsp3) is 0.424. The van der Waals surface area contributed by atoms with Gasteiger partial charge in [-0.2, -0.15) is 4.98 Å². The number of piperazine rings is 1. The number of aliphatic hydroxyl groups excluding tert-OH is 2. The second-order valence-corrected chi connectivity index (χ2v) is 14.3. The Hall–Kier alpha value is -4.81. The Morgan fingerprint density at radius 3 is 2.55 bits per heavy atom. The van der Waals surface area contributed by atoms with E-state index in [1.807, 2.05) is 6.07 Å². The summed E-state index contributed by atoms with van der Waals surface area (Å²) >= 11 is 8.28. The maximum absolute atomic E-state index is 12.8. The molecule has 0 spiro atoms. The molecule has 4 atom stereocenters. The lowest BCUT2D eigenvalue weighted by molar-refractivity contribution is -0.130. The van der Waals surface area contributed by atoms with E-state index in [9.17, 15) is 34.2 Å². The highest BCUT2D eigenvalue weighted by atomic mass is 127. The molecule has 9 N–H and O–H groups in total. The summed E-state index contributed by atoms with van der Waals surface area (Å²) in [6.45, 7) is 3.15. The molecule has 294 valence electrons. The van der Waals surface area contributed by atoms with Crippen LogP contribution in [-0.2, 0) is 14.3 Å². The third kappa shape index (κ3) is 8.86. The van der Waals surface area contributed by atoms with Crippen molar-refractivity contribution in [3.05, 3.63) is 70.0 Å². The van der Waals surface area contributed by atoms with E-state index < -0.39 is 41.0 Å². The fourth-order valence-corrected chi connectivity index (χ4v) is 6.85. The third-order valence-corrected chi connectivity index (χ3v) is 10.7. The summed E-state index contributed by atoms with van der Waals surface area (Å²) in [7, 11) is 1.54. The number of nitrogen functional groups attached to an aromatic ring is 1. The highest BCUT2D eigenvalue weighted by Crippen LogP contribution is 2.33. The van der Waals surface area contributed by atoms with Gasteiger partial charge >= 0.3 is 0 Å². The van der Waals surface area contributed by atoms with Crippen molar-refractivity contribution in [1.29, 1.82) is 0 Å². The number of aromatic nitrogens is 4. The molecule has 2 aliphatic rings. The molecule has 0 aliphatic carbocycles. The topological polar surface area (TPSA) is 271 Å². The number of fused-ring (bicyclic) bond motifs is 1. The normalized spacial score (nSPS) is 20.3. The number of ether oxygens (including phenoxy) is 2. The average Bonchev–Trinajstić information content (AvgIpc) is 3.71. The number of methoxy groups -OCH3 is 1. The van der Waals surface area contributed by atoms with Crippen molar-refractivity contribution in [2.24, 2.45) is 0 Å². The first-order valence-electron chi connectivity index (χ1n) is 17.1. The molecule has 2 aromatic carbocycles. The standard InChI is InChI=1S/C33H39ClIN11O9/c1-54-19-11-16(34)17(35)12-18(19)39-14-22(48)45-9-7-44(8-10-45)6-2-3-21(47)37-4-5-38-23-24(28(51)27(23)50)40-13-20-26(49)29(52)32(55-20)46-15-41-25-30(46)42-33(36)43-31(25)53/h2-3,11-12,15,20,26,29,32,38-40,49,52H,4-10,13-14H2,1H3,(H,37,47)(H3,36,42,43,53)/b3-2+/t20-,26-,29-,32-/m1/s1. The number of H-pyrrole nitrogens is 1. The number of nitrogens with zero attached hydrogens (tertiary/aromatic N) is 5. The first-order valence-corrected chi connectivity index (χ1v) is 18.6. The molecule has 2 aliphatic heterocycles. The second kappa shape index (κ2) is 17.3. The molecule has 2 saturated heterocycles. The zero-order valence-electron chi connectivity index (χ0n) is 29.4. The van der Waals surface area contributed by atoms with Crippen molar-refractivity contribution in [3.8, 4) is 5.75 Å². The molecule has 0 bridgehead atoms. The van der Waals surface area contributed by atoms with E-state index in [4.69, 9.17) is 26.8 Å². The van der Waals surface area contributed by atoms with Crippen molar-refractivity contribution in [2.75, 3.05) is 87.7 Å². The van der Waals surface area contributed by atoms with Gasteiger partial charge in [-0.15, -0.1) is 0 Å². The summed E-state index contributed by atoms with van der Waals surface area (Å²) in [5.41, 5.74) is 4.24. The second-order valence-electron chi connectivity index (χ2n) is 12.7. The molecule has 2 aromatic heterocycles. The van der Waals surface area contributed by atoms with Crippen LogP contribution in [0.4, 0.5) is 23.0 Å². The molecular formula is C33H39ClIN11O9. The molecule has 4 heterocycles. The summed E-state index contributed by atoms with van der Waals surface area (Å²) in [5, 5.41) is 33.4. The van der Waals surface area contributed by atoms with Crippen molar-refractivity contribution in [2.45, 2.75) is 24.5 Å². The minimum atomic E-state index is -1.44. The van der Waals surface area contributed by atoms with Crippen LogP contribution in [0.15, 0.2) is 45.0 Å². The minimum absolute atomic E-state index is 0.0198. The van der Waals surface area contributed by atoms with Crippen LogP contribution < -0.4 is 48.2 Å². The number of carbonyl (C=O) groups excluding carboxylic acids is 2. The van der Waals surface area contributed by atoms with Crippen LogP contribution in [0, 0.1) is 3.57 Å². The van der Waals surface area contributed by atoms with Crippen LogP contribution in [0.25, 0.3) is 11.2 Å². The van der Waals surface area contributed by atoms with Gasteiger partial charge in [-0.25, -0.2) is 4.98 Å². The molecule has 0 radical (unpaired) electrons. The maximum Gasteiger partial charge on any atom is 0.280 e. The van der Waals surface area contributed by atoms with Crippen molar-refractivity contribution >= 4 is 80.2 Å². The van der Waals surface area contributed by atoms with E-state index in [0.717, 1.165) is 3.57 Å². The Kier molecular flexibility index (Phi) is 12.6. The number of hydrogen-bond donors (Lipinski definition) is 8. The largest absolute Gasteiger partial charge is 0.495 e. The summed E-state index contributed by atoms with van der Waals surface area (Å²) in [6, 6.07) is 3.53. The number of carbonyl (C=O) groups is 2. The Balaban J connectivity index is 0.891. The maximum atomic E-state index is 12.8. The molecular weight excluding hydrogens is 857 g/mol. The summed E-state index contributed by atoms with van der Waals surface area (Å²) < 4.78 is 13.3. The van der Waals surface area contributed by atoms with Gasteiger partial charge in [0.25, 0.3) is 16.4 Å². The van der Waals surface area contributed by atoms with E-state index in [2.05, 4.69) is 63.7 Å². The van der Waals surface area contributed by atoms with E-state index in [0.29, 0.717) is 49.2 Å². The summed E-state index contributed by atoms with van der Waals surface area (Å²) in [6.07, 6.45) is -0.671. The van der Waals surface area contributed by atoms with Crippen LogP contribution in [0.1, 0.15) is 6.23 Å². The predicted octanol–water partition coefficient (Wildman–Crippen LogP) is -1.36. The number of hydrogen-bond acceptors (Lipinski definition) is 16. The SMILES string of the molecule is COc1cc(Cl)c(I)cc1NCC(=O)N1CCN(C/C=C/C(=O)NCCNc2c(NC[C@H]3O[C@@H](n4cnc5c(=O)[nH]c(N)nc54)[C@H](O)[C@@H]3O)c(=O)c2=O)CC1. The van der Waals surface area contributed by atoms with Gasteiger partial charge in [0.2, 0.25) is 17.8 Å². The molecule has 0 saturated carbocycles. The van der Waals surface area contributed by atoms with E-state index in [1.165, 1.54) is 24.1 Å². The van der Waals surface area contributed by atoms with E-state index >= 15 is 0 Å². The molecule has 4 aromatic rings. The van der Waals surface area contributed by atoms with Gasteiger partial charge in [-0.3, -0.25) is 38.4 Å². The Morgan fingerprint density at radius 2 is 1.82 bits per heavy atom. The first kappa shape index (κ1) is 39.9. The lowest BCUT2D eigenvalue weighted by atomic mass is 10.1. The highest BCUT2D eigenvalue weighted by Gasteiger charge is 2.44. The summed E-state index contributed by atoms with van der Waals surface area (Å²) in [5.74, 6) is 0.00304. The molecule has 0 unspecified atom stereocenters. The van der Waals surface area contributed by atoms with Gasteiger partial charge in [0.05, 0.1) is 30.7 Å². The first-order chi connectivity index (χ1) is 26.4. The smallest absolute Gasteiger partial charge is 0.280 e. The van der Waals surface area contributed by atoms with Crippen LogP contribution in [-0.4, -0.2) is 136 Å². The number of nitrogens with two attached hydrogens (primary N) is 1. The number of aromatic amines is 1. The number of anilines is 4. The minimum Gasteiger partial charge on any atom is -0.495 e. The van der Waals surface area contributed by atoms with Crippen LogP contribution in [0.5, 0.6) is 5.75 Å². The zero-order valence-corrected chi connectivity index (χ0v) is 32.3. The molecule has 2 amide bonds. The lowest BCUT2D eigenvalue weighted by Crippen LogP contribution is -2.50. The number of nitrogens with one attached hydrogen (secondary N) is 5. The molecule has 22 heteroatoms. The van der Waals surface area contributed by atoms with Gasteiger partial charge in [0.15, 0.2) is 17.4 Å². The van der Waals surface area contributed by atoms with Gasteiger partial charge in [-0.05, 0) is 28.7 Å². The van der Waals surface area contributed by atoms with Gasteiger partial charge < -0.3 is 51.6 Å². The monoisotopic (exact) mass is 895 g/mol. The number of benzene rings is 1. The lowest BCUT2D eigenvalue weighted by Gasteiger charge is -2.34. The molecule has 2 fully saturated rings. The number of halogens is 2. The van der Waals surface area contributed by atoms with Crippen LogP contribution in [0.3, 0.4) is 0 Å². The Morgan fingerprint density at radius 1 is 1.09 bits per heavy atom. The van der Waals surface area contributed by atoms with Crippen molar-refractivity contribution in [3.63, 3.8) is 0 Å². The predicted molar refractivity (Wildman–Crippen MR) is 211 cm³/mol. The number of imidazole rings is 1. The van der Waals surface area contributed by atoms with Gasteiger partial charge in [-0.1, -0.05) is 17.7 Å².